The number of hydrogen-bond acceptors (Lipinski definition) is 8. The largest absolute Gasteiger partial charge is 0.347 e. The van der Waals surface area contributed by atoms with Gasteiger partial charge in [-0.2, -0.15) is 0 Å². The van der Waals surface area contributed by atoms with Crippen molar-refractivity contribution in [3.05, 3.63) is 46.6 Å². The molecule has 1 N–H and O–H groups in total. The third-order valence-corrected chi connectivity index (χ3v) is 8.28. The van der Waals surface area contributed by atoms with Gasteiger partial charge in [-0.25, -0.2) is 0 Å². The standard InChI is InChI=1S/C21H21N5O3S3/c27-14(10-12-6-2-1-3-7-12)22-15-18(28)26-16(20(29)30)13(11-31-19(15)26)17-23-24-21(32-17)25-8-4-5-9-25/h1-3,6-7,15,19H,4-5,8-11H2,(H,22,27)(H,29,30)/t15-,19-/m1/s1. The Morgan fingerprint density at radius 3 is 2.62 bits per heavy atom. The number of carbonyl (C=O) groups excluding carboxylic acids is 3. The van der Waals surface area contributed by atoms with Crippen molar-refractivity contribution >= 4 is 63.4 Å². The van der Waals surface area contributed by atoms with E-state index in [9.17, 15) is 14.4 Å². The van der Waals surface area contributed by atoms with Gasteiger partial charge in [-0.15, -0.1) is 22.0 Å². The highest BCUT2D eigenvalue weighted by atomic mass is 32.2. The maximum absolute atomic E-state index is 12.9. The highest BCUT2D eigenvalue weighted by Gasteiger charge is 2.54. The van der Waals surface area contributed by atoms with Crippen molar-refractivity contribution < 1.29 is 14.4 Å². The summed E-state index contributed by atoms with van der Waals surface area (Å²) < 4.78 is 0. The van der Waals surface area contributed by atoms with E-state index in [1.165, 1.54) is 28.0 Å². The predicted molar refractivity (Wildman–Crippen MR) is 127 cm³/mol. The highest BCUT2D eigenvalue weighted by Crippen LogP contribution is 2.44. The van der Waals surface area contributed by atoms with Crippen molar-refractivity contribution in [1.29, 1.82) is 0 Å². The van der Waals surface area contributed by atoms with Gasteiger partial charge in [0, 0.05) is 24.4 Å². The summed E-state index contributed by atoms with van der Waals surface area (Å²) in [7, 11) is 0. The average Bonchev–Trinajstić information content (AvgIpc) is 3.49. The molecular weight excluding hydrogens is 466 g/mol. The number of benzene rings is 1. The third kappa shape index (κ3) is 3.93. The van der Waals surface area contributed by atoms with Crippen molar-refractivity contribution in [1.82, 2.24) is 20.4 Å². The molecule has 3 aliphatic heterocycles. The Labute approximate surface area is 198 Å². The lowest BCUT2D eigenvalue weighted by atomic mass is 10.0. The van der Waals surface area contributed by atoms with Crippen LogP contribution >= 0.6 is 35.7 Å². The minimum atomic E-state index is -0.657. The van der Waals surface area contributed by atoms with Crippen LogP contribution in [0.1, 0.15) is 23.4 Å². The molecule has 2 amide bonds. The number of rotatable bonds is 6. The number of nitrogens with one attached hydrogen (secondary N) is 1. The minimum absolute atomic E-state index is 0.200. The zero-order chi connectivity index (χ0) is 22.2. The molecule has 0 radical (unpaired) electrons. The van der Waals surface area contributed by atoms with Crippen LogP contribution in [-0.2, 0) is 20.8 Å². The van der Waals surface area contributed by atoms with E-state index in [1.807, 2.05) is 30.3 Å². The zero-order valence-corrected chi connectivity index (χ0v) is 19.6. The lowest BCUT2D eigenvalue weighted by molar-refractivity contribution is -0.146. The topological polar surface area (TPSA) is 95.5 Å². The molecule has 4 heterocycles. The van der Waals surface area contributed by atoms with E-state index in [4.69, 9.17) is 0 Å². The van der Waals surface area contributed by atoms with Gasteiger partial charge in [0.15, 0.2) is 0 Å². The summed E-state index contributed by atoms with van der Waals surface area (Å²) in [6.45, 7) is 1.91. The second-order valence-electron chi connectivity index (χ2n) is 7.83. The predicted octanol–water partition coefficient (Wildman–Crippen LogP) is 1.95. The summed E-state index contributed by atoms with van der Waals surface area (Å²) in [6.07, 6.45) is 2.47. The number of thioether (sulfide) groups is 1. The van der Waals surface area contributed by atoms with Crippen molar-refractivity contribution in [2.75, 3.05) is 23.7 Å². The van der Waals surface area contributed by atoms with E-state index in [1.54, 1.807) is 0 Å². The van der Waals surface area contributed by atoms with Gasteiger partial charge in [0.05, 0.1) is 6.42 Å². The smallest absolute Gasteiger partial charge is 0.253 e. The zero-order valence-electron chi connectivity index (χ0n) is 17.1. The maximum Gasteiger partial charge on any atom is 0.253 e. The molecule has 5 rings (SSSR count). The van der Waals surface area contributed by atoms with E-state index >= 15 is 0 Å². The maximum atomic E-state index is 12.9. The van der Waals surface area contributed by atoms with Crippen LogP contribution in [0.15, 0.2) is 36.0 Å². The Kier molecular flexibility index (Phi) is 5.95. The Morgan fingerprint density at radius 1 is 1.16 bits per heavy atom. The van der Waals surface area contributed by atoms with Gasteiger partial charge in [0.1, 0.15) is 22.1 Å². The van der Waals surface area contributed by atoms with Gasteiger partial charge in [-0.3, -0.25) is 19.3 Å². The molecule has 0 bridgehead atoms. The van der Waals surface area contributed by atoms with Crippen LogP contribution in [0.5, 0.6) is 0 Å². The molecule has 2 aromatic rings. The normalized spacial score (nSPS) is 22.6. The minimum Gasteiger partial charge on any atom is -0.347 e. The number of aromatic nitrogens is 2. The van der Waals surface area contributed by atoms with Gasteiger partial charge < -0.3 is 10.2 Å². The lowest BCUT2D eigenvalue weighted by Crippen LogP contribution is -2.70. The van der Waals surface area contributed by atoms with Gasteiger partial charge in [-0.05, 0) is 18.4 Å². The number of nitrogens with zero attached hydrogens (tertiary/aromatic N) is 4. The van der Waals surface area contributed by atoms with Gasteiger partial charge in [0.2, 0.25) is 16.2 Å². The first-order valence-electron chi connectivity index (χ1n) is 10.4. The summed E-state index contributed by atoms with van der Waals surface area (Å²) >= 11 is 6.99. The molecule has 166 valence electrons. The fourth-order valence-electron chi connectivity index (χ4n) is 4.16. The van der Waals surface area contributed by atoms with Gasteiger partial charge in [-0.1, -0.05) is 54.3 Å². The lowest BCUT2D eigenvalue weighted by Gasteiger charge is -2.49. The highest BCUT2D eigenvalue weighted by molar-refractivity contribution is 8.00. The molecule has 2 saturated heterocycles. The Balaban J connectivity index is 1.33. The molecule has 3 aliphatic rings. The summed E-state index contributed by atoms with van der Waals surface area (Å²) in [6, 6.07) is 8.71. The molecule has 0 spiro atoms. The van der Waals surface area contributed by atoms with E-state index < -0.39 is 11.2 Å². The molecule has 0 saturated carbocycles. The van der Waals surface area contributed by atoms with Crippen molar-refractivity contribution in [2.24, 2.45) is 0 Å². The van der Waals surface area contributed by atoms with Crippen molar-refractivity contribution in [3.63, 3.8) is 0 Å². The third-order valence-electron chi connectivity index (χ3n) is 5.74. The summed E-state index contributed by atoms with van der Waals surface area (Å²) in [5, 5.41) is 12.1. The average molecular weight is 488 g/mol. The van der Waals surface area contributed by atoms with Crippen LogP contribution in [0.3, 0.4) is 0 Å². The Hall–Kier alpha value is -2.37. The second kappa shape index (κ2) is 8.87. The molecule has 2 fully saturated rings. The van der Waals surface area contributed by atoms with Crippen LogP contribution in [-0.4, -0.2) is 62.3 Å². The van der Waals surface area contributed by atoms with Crippen LogP contribution < -0.4 is 10.2 Å². The fourth-order valence-corrected chi connectivity index (χ4v) is 6.78. The Bertz CT molecular complexity index is 1100. The number of anilines is 1. The van der Waals surface area contributed by atoms with Crippen molar-refractivity contribution in [2.45, 2.75) is 30.7 Å². The van der Waals surface area contributed by atoms with Gasteiger partial charge in [0.25, 0.3) is 5.91 Å². The van der Waals surface area contributed by atoms with Crippen LogP contribution in [0.25, 0.3) is 5.57 Å². The van der Waals surface area contributed by atoms with Crippen molar-refractivity contribution in [3.8, 4) is 0 Å². The van der Waals surface area contributed by atoms with E-state index in [2.05, 4.69) is 33.0 Å². The SMILES string of the molecule is O=C(Cc1ccccc1)N[C@@H]1C(=O)N2C(C(=O)S)=C(c3nnc(N4CCCC4)s3)CS[C@H]12. The van der Waals surface area contributed by atoms with E-state index in [-0.39, 0.29) is 29.3 Å². The number of thiol groups is 1. The molecule has 1 aromatic heterocycles. The molecular formula is C21H21N5O3S3. The van der Waals surface area contributed by atoms with Crippen LogP contribution in [0.4, 0.5) is 5.13 Å². The molecule has 8 nitrogen and oxygen atoms in total. The second-order valence-corrected chi connectivity index (χ2v) is 10.3. The first-order valence-corrected chi connectivity index (χ1v) is 12.7. The van der Waals surface area contributed by atoms with E-state index in [0.717, 1.165) is 36.6 Å². The van der Waals surface area contributed by atoms with Crippen LogP contribution in [0, 0.1) is 0 Å². The summed E-state index contributed by atoms with van der Waals surface area (Å²) in [5.74, 6) is -0.0269. The molecule has 11 heteroatoms. The summed E-state index contributed by atoms with van der Waals surface area (Å²) in [5.41, 5.74) is 1.81. The van der Waals surface area contributed by atoms with E-state index in [0.29, 0.717) is 16.3 Å². The summed E-state index contributed by atoms with van der Waals surface area (Å²) in [4.78, 5) is 41.4. The number of fused-ring (bicyclic) bond motifs is 1. The van der Waals surface area contributed by atoms with Gasteiger partial charge >= 0.3 is 0 Å². The Morgan fingerprint density at radius 2 is 1.91 bits per heavy atom. The first kappa shape index (κ1) is 21.5. The molecule has 0 unspecified atom stereocenters. The number of β-lactam (4-membered cyclic amide) rings is 1. The molecule has 0 aliphatic carbocycles. The molecule has 1 aromatic carbocycles. The molecule has 2 atom stereocenters. The number of carbonyl (C=O) groups is 3. The van der Waals surface area contributed by atoms with Crippen LogP contribution in [0.2, 0.25) is 0 Å². The fraction of sp³-hybridized carbons (Fsp3) is 0.381. The number of hydrogen-bond donors (Lipinski definition) is 2. The quantitative estimate of drug-likeness (QED) is 0.475. The number of amides is 2. The molecule has 32 heavy (non-hydrogen) atoms. The monoisotopic (exact) mass is 487 g/mol. The first-order chi connectivity index (χ1) is 15.5.